The van der Waals surface area contributed by atoms with Crippen LogP contribution in [0.15, 0.2) is 167 Å². The van der Waals surface area contributed by atoms with E-state index in [0.717, 1.165) is 60.9 Å². The van der Waals surface area contributed by atoms with Crippen molar-refractivity contribution >= 4 is 60.9 Å². The smallest absolute Gasteiger partial charge is 0.159 e. The van der Waals surface area contributed by atoms with E-state index >= 15 is 0 Å². The third-order valence-corrected chi connectivity index (χ3v) is 10.1. The lowest BCUT2D eigenvalue weighted by atomic mass is 9.73. The summed E-state index contributed by atoms with van der Waals surface area (Å²) in [5.41, 5.74) is 12.7. The van der Waals surface area contributed by atoms with Gasteiger partial charge in [0.15, 0.2) is 5.58 Å². The predicted molar refractivity (Wildman–Crippen MR) is 193 cm³/mol. The van der Waals surface area contributed by atoms with Crippen LogP contribution in [-0.4, -0.2) is 0 Å². The van der Waals surface area contributed by atoms with E-state index in [1.54, 1.807) is 0 Å². The van der Waals surface area contributed by atoms with Crippen molar-refractivity contribution in [3.05, 3.63) is 174 Å². The maximum atomic E-state index is 6.90. The van der Waals surface area contributed by atoms with Crippen molar-refractivity contribution in [3.63, 3.8) is 0 Å². The number of furan rings is 2. The molecule has 1 aliphatic carbocycles. The van der Waals surface area contributed by atoms with Gasteiger partial charge in [-0.3, -0.25) is 0 Å². The first-order valence-corrected chi connectivity index (χ1v) is 16.1. The highest BCUT2D eigenvalue weighted by Gasteiger charge is 2.42. The summed E-state index contributed by atoms with van der Waals surface area (Å²) >= 11 is 0. The number of benzene rings is 7. The van der Waals surface area contributed by atoms with Gasteiger partial charge in [-0.1, -0.05) is 109 Å². The molecule has 0 fully saturated rings. The molecule has 0 bridgehead atoms. The number of hydrogen-bond donors (Lipinski definition) is 0. The SMILES string of the molecule is CC1(c2cccc3oc4c(N(c5ccccc5)c5ccc6c(c5)oc5ccccc56)cccc4c23)c2ccccc2-c2ccccc21. The van der Waals surface area contributed by atoms with Gasteiger partial charge in [-0.05, 0) is 77.2 Å². The standard InChI is InChI=1S/C44H29NO2/c1-44(35-19-8-5-15-30(35)31-16-6-9-20-36(31)44)37-21-12-24-40-42(37)34-18-11-22-38(43(34)47-40)45(28-13-3-2-4-14-28)29-25-26-33-32-17-7-10-23-39(32)46-41(33)27-29/h2-27H,1H3. The Bertz CT molecular complexity index is 2620. The molecule has 0 N–H and O–H groups in total. The molecule has 3 heteroatoms. The summed E-state index contributed by atoms with van der Waals surface area (Å²) in [6.07, 6.45) is 0. The van der Waals surface area contributed by atoms with Gasteiger partial charge in [-0.15, -0.1) is 0 Å². The summed E-state index contributed by atoms with van der Waals surface area (Å²) in [6.45, 7) is 2.37. The zero-order valence-corrected chi connectivity index (χ0v) is 25.8. The summed E-state index contributed by atoms with van der Waals surface area (Å²) in [6, 6.07) is 55.9. The number of fused-ring (bicyclic) bond motifs is 9. The lowest BCUT2D eigenvalue weighted by molar-refractivity contribution is 0.666. The number of rotatable bonds is 4. The van der Waals surface area contributed by atoms with Crippen molar-refractivity contribution in [1.29, 1.82) is 0 Å². The maximum absolute atomic E-state index is 6.90. The Kier molecular flexibility index (Phi) is 5.41. The molecule has 0 spiro atoms. The molecular formula is C44H29NO2. The zero-order chi connectivity index (χ0) is 31.1. The minimum Gasteiger partial charge on any atom is -0.456 e. The Hall–Kier alpha value is -6.06. The van der Waals surface area contributed by atoms with Gasteiger partial charge in [0.2, 0.25) is 0 Å². The van der Waals surface area contributed by atoms with Crippen LogP contribution in [-0.2, 0) is 5.41 Å². The molecule has 222 valence electrons. The molecule has 7 aromatic carbocycles. The Morgan fingerprint density at radius 3 is 1.87 bits per heavy atom. The first kappa shape index (κ1) is 26.2. The van der Waals surface area contributed by atoms with Crippen LogP contribution in [0.25, 0.3) is 55.0 Å². The van der Waals surface area contributed by atoms with Crippen LogP contribution >= 0.6 is 0 Å². The molecule has 0 aliphatic heterocycles. The van der Waals surface area contributed by atoms with Crippen LogP contribution in [0.3, 0.4) is 0 Å². The second-order valence-electron chi connectivity index (χ2n) is 12.6. The molecular weight excluding hydrogens is 574 g/mol. The number of anilines is 3. The highest BCUT2D eigenvalue weighted by molar-refractivity contribution is 6.13. The van der Waals surface area contributed by atoms with E-state index in [4.69, 9.17) is 8.83 Å². The Morgan fingerprint density at radius 2 is 1.06 bits per heavy atom. The lowest BCUT2D eigenvalue weighted by Gasteiger charge is -2.29. The molecule has 0 amide bonds. The van der Waals surface area contributed by atoms with E-state index in [-0.39, 0.29) is 5.41 Å². The summed E-state index contributed by atoms with van der Waals surface area (Å²) in [5.74, 6) is 0. The molecule has 10 rings (SSSR count). The fourth-order valence-electron chi connectivity index (χ4n) is 8.03. The molecule has 2 heterocycles. The van der Waals surface area contributed by atoms with Crippen LogP contribution in [0.2, 0.25) is 0 Å². The van der Waals surface area contributed by atoms with Crippen molar-refractivity contribution < 1.29 is 8.83 Å². The quantitative estimate of drug-likeness (QED) is 0.200. The molecule has 0 saturated heterocycles. The van der Waals surface area contributed by atoms with Crippen LogP contribution in [0.5, 0.6) is 0 Å². The highest BCUT2D eigenvalue weighted by atomic mass is 16.3. The topological polar surface area (TPSA) is 29.5 Å². The van der Waals surface area contributed by atoms with Gasteiger partial charge in [-0.25, -0.2) is 0 Å². The summed E-state index contributed by atoms with van der Waals surface area (Å²) in [7, 11) is 0. The third-order valence-electron chi connectivity index (χ3n) is 10.1. The van der Waals surface area contributed by atoms with Crippen LogP contribution in [0.1, 0.15) is 23.6 Å². The Labute approximate surface area is 271 Å². The summed E-state index contributed by atoms with van der Waals surface area (Å²) in [4.78, 5) is 2.28. The van der Waals surface area contributed by atoms with E-state index in [0.29, 0.717) is 0 Å². The van der Waals surface area contributed by atoms with Crippen molar-refractivity contribution in [1.82, 2.24) is 0 Å². The van der Waals surface area contributed by atoms with Gasteiger partial charge in [-0.2, -0.15) is 0 Å². The fourth-order valence-corrected chi connectivity index (χ4v) is 8.03. The largest absolute Gasteiger partial charge is 0.456 e. The van der Waals surface area contributed by atoms with Crippen LogP contribution in [0, 0.1) is 0 Å². The van der Waals surface area contributed by atoms with Gasteiger partial charge in [0.1, 0.15) is 16.7 Å². The van der Waals surface area contributed by atoms with Gasteiger partial charge in [0, 0.05) is 38.7 Å². The van der Waals surface area contributed by atoms with Gasteiger partial charge >= 0.3 is 0 Å². The molecule has 9 aromatic rings. The zero-order valence-electron chi connectivity index (χ0n) is 25.8. The fraction of sp³-hybridized carbons (Fsp3) is 0.0455. The van der Waals surface area contributed by atoms with E-state index in [2.05, 4.69) is 157 Å². The van der Waals surface area contributed by atoms with Crippen LogP contribution < -0.4 is 4.90 Å². The second-order valence-corrected chi connectivity index (χ2v) is 12.6. The molecule has 1 aliphatic rings. The summed E-state index contributed by atoms with van der Waals surface area (Å²) < 4.78 is 13.2. The van der Waals surface area contributed by atoms with Crippen LogP contribution in [0.4, 0.5) is 17.1 Å². The Balaban J connectivity index is 1.23. The van der Waals surface area contributed by atoms with Crippen molar-refractivity contribution in [2.45, 2.75) is 12.3 Å². The average molecular weight is 604 g/mol. The molecule has 3 nitrogen and oxygen atoms in total. The van der Waals surface area contributed by atoms with Gasteiger partial charge in [0.25, 0.3) is 0 Å². The number of nitrogens with zero attached hydrogens (tertiary/aromatic N) is 1. The normalized spacial score (nSPS) is 13.4. The highest BCUT2D eigenvalue weighted by Crippen LogP contribution is 2.55. The molecule has 2 aromatic heterocycles. The van der Waals surface area contributed by atoms with E-state index in [9.17, 15) is 0 Å². The molecule has 47 heavy (non-hydrogen) atoms. The first-order valence-electron chi connectivity index (χ1n) is 16.1. The van der Waals surface area contributed by atoms with E-state index in [1.165, 1.54) is 27.8 Å². The monoisotopic (exact) mass is 603 g/mol. The average Bonchev–Trinajstić information content (AvgIpc) is 3.78. The second kappa shape index (κ2) is 9.72. The lowest BCUT2D eigenvalue weighted by Crippen LogP contribution is -2.22. The first-order chi connectivity index (χ1) is 23.2. The molecule has 0 atom stereocenters. The maximum Gasteiger partial charge on any atom is 0.159 e. The van der Waals surface area contributed by atoms with Crippen molar-refractivity contribution in [2.24, 2.45) is 0 Å². The van der Waals surface area contributed by atoms with Crippen molar-refractivity contribution in [2.75, 3.05) is 4.90 Å². The molecule has 0 saturated carbocycles. The predicted octanol–water partition coefficient (Wildman–Crippen LogP) is 12.3. The van der Waals surface area contributed by atoms with E-state index in [1.807, 2.05) is 12.1 Å². The molecule has 0 radical (unpaired) electrons. The summed E-state index contributed by atoms with van der Waals surface area (Å²) in [5, 5.41) is 4.48. The van der Waals surface area contributed by atoms with Gasteiger partial charge < -0.3 is 13.7 Å². The molecule has 0 unspecified atom stereocenters. The minimum atomic E-state index is -0.342. The third kappa shape index (κ3) is 3.62. The number of para-hydroxylation sites is 3. The van der Waals surface area contributed by atoms with E-state index < -0.39 is 0 Å². The van der Waals surface area contributed by atoms with Gasteiger partial charge in [0.05, 0.1) is 11.4 Å². The Morgan fingerprint density at radius 1 is 0.447 bits per heavy atom. The van der Waals surface area contributed by atoms with Crippen molar-refractivity contribution in [3.8, 4) is 11.1 Å². The number of hydrogen-bond acceptors (Lipinski definition) is 3. The minimum absolute atomic E-state index is 0.342.